The second-order valence-corrected chi connectivity index (χ2v) is 5.60. The van der Waals surface area contributed by atoms with E-state index in [0.717, 1.165) is 6.54 Å². The normalized spacial score (nSPS) is 13.2. The van der Waals surface area contributed by atoms with Gasteiger partial charge in [0.1, 0.15) is 0 Å². The van der Waals surface area contributed by atoms with E-state index in [2.05, 4.69) is 27.7 Å². The molecular weight excluding hydrogens is 224 g/mol. The molecule has 0 spiro atoms. The lowest BCUT2D eigenvalue weighted by Gasteiger charge is -2.31. The molecule has 0 bridgehead atoms. The first-order chi connectivity index (χ1) is 6.71. The molecule has 0 saturated carbocycles. The zero-order valence-corrected chi connectivity index (χ0v) is 12.2. The second kappa shape index (κ2) is 7.13. The summed E-state index contributed by atoms with van der Waals surface area (Å²) >= 11 is 0. The Bertz CT molecular complexity index is 217. The lowest BCUT2D eigenvalue weighted by atomic mass is 9.91. The lowest BCUT2D eigenvalue weighted by Crippen LogP contribution is -2.42. The van der Waals surface area contributed by atoms with Crippen LogP contribution in [0.3, 0.4) is 0 Å². The average molecular weight is 251 g/mol. The Morgan fingerprint density at radius 3 is 2.06 bits per heavy atom. The zero-order chi connectivity index (χ0) is 12.2. The van der Waals surface area contributed by atoms with E-state index < -0.39 is 0 Å². The molecule has 1 amide bonds. The number of rotatable bonds is 5. The number of halogens is 1. The largest absolute Gasteiger partial charge is 0.345 e. The van der Waals surface area contributed by atoms with Crippen molar-refractivity contribution in [1.29, 1.82) is 0 Å². The summed E-state index contributed by atoms with van der Waals surface area (Å²) < 4.78 is 0. The van der Waals surface area contributed by atoms with Gasteiger partial charge in [-0.15, -0.1) is 12.4 Å². The maximum absolute atomic E-state index is 12.0. The van der Waals surface area contributed by atoms with Gasteiger partial charge in [0.25, 0.3) is 0 Å². The average Bonchev–Trinajstić information content (AvgIpc) is 2.14. The van der Waals surface area contributed by atoms with Crippen molar-refractivity contribution in [2.45, 2.75) is 34.6 Å². The number of hydrogen-bond donors (Lipinski definition) is 1. The van der Waals surface area contributed by atoms with Gasteiger partial charge in [0.15, 0.2) is 0 Å². The first-order valence-corrected chi connectivity index (χ1v) is 5.66. The molecule has 0 aromatic carbocycles. The van der Waals surface area contributed by atoms with Crippen molar-refractivity contribution in [3.63, 3.8) is 0 Å². The number of nitrogens with two attached hydrogens (primary N) is 1. The number of hydrogen-bond acceptors (Lipinski definition) is 2. The van der Waals surface area contributed by atoms with Crippen LogP contribution in [0.2, 0.25) is 0 Å². The van der Waals surface area contributed by atoms with Crippen LogP contribution >= 0.6 is 12.4 Å². The number of nitrogens with zero attached hydrogens (tertiary/aromatic N) is 1. The lowest BCUT2D eigenvalue weighted by molar-refractivity contribution is -0.136. The first kappa shape index (κ1) is 18.1. The zero-order valence-electron chi connectivity index (χ0n) is 11.4. The fourth-order valence-electron chi connectivity index (χ4n) is 1.42. The SMILES string of the molecule is CC(C)C(C)C(=O)N(C)CC(C)(C)CN.Cl. The molecule has 0 heterocycles. The highest BCUT2D eigenvalue weighted by Crippen LogP contribution is 2.18. The Morgan fingerprint density at radius 2 is 1.75 bits per heavy atom. The number of amides is 1. The van der Waals surface area contributed by atoms with Crippen molar-refractivity contribution in [3.8, 4) is 0 Å². The summed E-state index contributed by atoms with van der Waals surface area (Å²) in [5, 5.41) is 0. The van der Waals surface area contributed by atoms with Crippen molar-refractivity contribution in [2.24, 2.45) is 23.0 Å². The topological polar surface area (TPSA) is 46.3 Å². The van der Waals surface area contributed by atoms with Crippen LogP contribution in [-0.4, -0.2) is 30.9 Å². The first-order valence-electron chi connectivity index (χ1n) is 5.66. The Morgan fingerprint density at radius 1 is 1.31 bits per heavy atom. The predicted octanol–water partition coefficient (Wildman–Crippen LogP) is 2.14. The van der Waals surface area contributed by atoms with Gasteiger partial charge >= 0.3 is 0 Å². The fraction of sp³-hybridized carbons (Fsp3) is 0.917. The van der Waals surface area contributed by atoms with E-state index in [1.807, 2.05) is 14.0 Å². The molecule has 3 nitrogen and oxygen atoms in total. The third-order valence-corrected chi connectivity index (χ3v) is 2.98. The smallest absolute Gasteiger partial charge is 0.225 e. The monoisotopic (exact) mass is 250 g/mol. The van der Waals surface area contributed by atoms with Crippen molar-refractivity contribution in [2.75, 3.05) is 20.1 Å². The summed E-state index contributed by atoms with van der Waals surface area (Å²) in [5.74, 6) is 0.691. The Balaban J connectivity index is 0. The highest BCUT2D eigenvalue weighted by atomic mass is 35.5. The summed E-state index contributed by atoms with van der Waals surface area (Å²) in [7, 11) is 1.86. The van der Waals surface area contributed by atoms with Crippen LogP contribution in [0.25, 0.3) is 0 Å². The molecule has 0 aromatic heterocycles. The van der Waals surface area contributed by atoms with Crippen LogP contribution in [0.4, 0.5) is 0 Å². The van der Waals surface area contributed by atoms with Crippen molar-refractivity contribution >= 4 is 18.3 Å². The quantitative estimate of drug-likeness (QED) is 0.813. The van der Waals surface area contributed by atoms with Crippen LogP contribution in [-0.2, 0) is 4.79 Å². The molecule has 98 valence electrons. The summed E-state index contributed by atoms with van der Waals surface area (Å²) in [4.78, 5) is 13.8. The second-order valence-electron chi connectivity index (χ2n) is 5.60. The van der Waals surface area contributed by atoms with Crippen LogP contribution < -0.4 is 5.73 Å². The third kappa shape index (κ3) is 5.71. The molecule has 2 N–H and O–H groups in total. The maximum atomic E-state index is 12.0. The van der Waals surface area contributed by atoms with Gasteiger partial charge in [-0.1, -0.05) is 34.6 Å². The molecule has 16 heavy (non-hydrogen) atoms. The standard InChI is InChI=1S/C12H26N2O.ClH/c1-9(2)10(3)11(15)14(6)8-12(4,5)7-13;/h9-10H,7-8,13H2,1-6H3;1H. The van der Waals surface area contributed by atoms with Crippen LogP contribution in [0.15, 0.2) is 0 Å². The highest BCUT2D eigenvalue weighted by molar-refractivity contribution is 5.85. The molecule has 0 fully saturated rings. The minimum Gasteiger partial charge on any atom is -0.345 e. The summed E-state index contributed by atoms with van der Waals surface area (Å²) in [6.45, 7) is 11.6. The molecule has 0 aliphatic rings. The number of carbonyl (C=O) groups excluding carboxylic acids is 1. The van der Waals surface area contributed by atoms with E-state index in [4.69, 9.17) is 5.73 Å². The molecule has 1 unspecified atom stereocenters. The fourth-order valence-corrected chi connectivity index (χ4v) is 1.42. The Labute approximate surface area is 106 Å². The van der Waals surface area contributed by atoms with Gasteiger partial charge in [0, 0.05) is 19.5 Å². The van der Waals surface area contributed by atoms with E-state index in [9.17, 15) is 4.79 Å². The molecule has 0 radical (unpaired) electrons. The van der Waals surface area contributed by atoms with Crippen LogP contribution in [0.5, 0.6) is 0 Å². The minimum absolute atomic E-state index is 0. The van der Waals surface area contributed by atoms with Crippen molar-refractivity contribution in [1.82, 2.24) is 4.90 Å². The van der Waals surface area contributed by atoms with Gasteiger partial charge in [0.05, 0.1) is 0 Å². The summed E-state index contributed by atoms with van der Waals surface area (Å²) in [6, 6.07) is 0. The molecule has 0 rings (SSSR count). The van der Waals surface area contributed by atoms with Crippen molar-refractivity contribution in [3.05, 3.63) is 0 Å². The molecule has 0 saturated heterocycles. The summed E-state index contributed by atoms with van der Waals surface area (Å²) in [6.07, 6.45) is 0. The molecule has 0 aliphatic heterocycles. The van der Waals surface area contributed by atoms with E-state index in [-0.39, 0.29) is 29.6 Å². The van der Waals surface area contributed by atoms with Gasteiger partial charge in [-0.05, 0) is 17.9 Å². The van der Waals surface area contributed by atoms with Gasteiger partial charge in [-0.25, -0.2) is 0 Å². The molecule has 0 aromatic rings. The molecule has 4 heteroatoms. The van der Waals surface area contributed by atoms with Gasteiger partial charge < -0.3 is 10.6 Å². The molecule has 1 atom stereocenters. The van der Waals surface area contributed by atoms with E-state index in [1.54, 1.807) is 4.90 Å². The third-order valence-electron chi connectivity index (χ3n) is 2.98. The summed E-state index contributed by atoms with van der Waals surface area (Å²) in [5.41, 5.74) is 5.65. The van der Waals surface area contributed by atoms with E-state index in [0.29, 0.717) is 12.5 Å². The highest BCUT2D eigenvalue weighted by Gasteiger charge is 2.25. The minimum atomic E-state index is 0. The van der Waals surface area contributed by atoms with Crippen LogP contribution in [0, 0.1) is 17.3 Å². The van der Waals surface area contributed by atoms with Gasteiger partial charge in [0.2, 0.25) is 5.91 Å². The maximum Gasteiger partial charge on any atom is 0.225 e. The predicted molar refractivity (Wildman–Crippen MR) is 71.7 cm³/mol. The van der Waals surface area contributed by atoms with E-state index in [1.165, 1.54) is 0 Å². The van der Waals surface area contributed by atoms with Crippen molar-refractivity contribution < 1.29 is 4.79 Å². The van der Waals surface area contributed by atoms with Crippen LogP contribution in [0.1, 0.15) is 34.6 Å². The van der Waals surface area contributed by atoms with E-state index >= 15 is 0 Å². The number of carbonyl (C=O) groups is 1. The van der Waals surface area contributed by atoms with Gasteiger partial charge in [-0.2, -0.15) is 0 Å². The Kier molecular flexibility index (Phi) is 8.06. The molecule has 0 aliphatic carbocycles. The Hall–Kier alpha value is -0.280. The molecular formula is C12H27ClN2O. The van der Waals surface area contributed by atoms with Gasteiger partial charge in [-0.3, -0.25) is 4.79 Å².